The van der Waals surface area contributed by atoms with Crippen molar-refractivity contribution in [3.8, 4) is 22.5 Å². The van der Waals surface area contributed by atoms with E-state index in [9.17, 15) is 0 Å². The molecule has 0 aromatic carbocycles. The number of hydrogen-bond donors (Lipinski definition) is 3. The summed E-state index contributed by atoms with van der Waals surface area (Å²) in [6.45, 7) is 1.93. The molecule has 7 heteroatoms. The smallest absolute Gasteiger partial charge is 0.155 e. The van der Waals surface area contributed by atoms with Crippen LogP contribution in [0.3, 0.4) is 0 Å². The second kappa shape index (κ2) is 8.16. The number of nitrogens with one attached hydrogen (secondary N) is 3. The van der Waals surface area contributed by atoms with Gasteiger partial charge < -0.3 is 10.3 Å². The van der Waals surface area contributed by atoms with Gasteiger partial charge in [0.15, 0.2) is 5.65 Å². The molecule has 1 aliphatic carbocycles. The van der Waals surface area contributed by atoms with Crippen molar-refractivity contribution in [3.63, 3.8) is 0 Å². The minimum absolute atomic E-state index is 0.767. The minimum Gasteiger partial charge on any atom is -0.352 e. The number of fused-ring (bicyclic) bond motifs is 2. The molecular formula is C25H25N7. The van der Waals surface area contributed by atoms with Crippen molar-refractivity contribution in [3.05, 3.63) is 60.8 Å². The van der Waals surface area contributed by atoms with E-state index in [0.29, 0.717) is 0 Å². The highest BCUT2D eigenvalue weighted by Crippen LogP contribution is 2.30. The lowest BCUT2D eigenvalue weighted by Crippen LogP contribution is -2.20. The zero-order valence-corrected chi connectivity index (χ0v) is 17.8. The summed E-state index contributed by atoms with van der Waals surface area (Å²) in [5, 5.41) is 13.3. The number of aromatic amines is 2. The van der Waals surface area contributed by atoms with E-state index >= 15 is 0 Å². The Labute approximate surface area is 185 Å². The molecule has 160 valence electrons. The molecular weight excluding hydrogens is 398 g/mol. The molecule has 1 fully saturated rings. The van der Waals surface area contributed by atoms with E-state index < -0.39 is 0 Å². The molecule has 32 heavy (non-hydrogen) atoms. The summed E-state index contributed by atoms with van der Waals surface area (Å²) in [5.41, 5.74) is 6.84. The number of H-pyrrole nitrogens is 2. The Morgan fingerprint density at radius 2 is 1.88 bits per heavy atom. The lowest BCUT2D eigenvalue weighted by molar-refractivity contribution is 0.489. The zero-order chi connectivity index (χ0) is 21.3. The molecule has 0 atom stereocenters. The van der Waals surface area contributed by atoms with E-state index in [1.165, 1.54) is 31.2 Å². The molecule has 0 unspecified atom stereocenters. The van der Waals surface area contributed by atoms with Crippen LogP contribution in [0.25, 0.3) is 44.5 Å². The number of pyridine rings is 3. The molecule has 1 saturated carbocycles. The van der Waals surface area contributed by atoms with Gasteiger partial charge in [-0.05, 0) is 55.1 Å². The van der Waals surface area contributed by atoms with Crippen molar-refractivity contribution < 1.29 is 0 Å². The Morgan fingerprint density at radius 3 is 2.78 bits per heavy atom. The van der Waals surface area contributed by atoms with E-state index in [2.05, 4.69) is 53.6 Å². The fourth-order valence-corrected chi connectivity index (χ4v) is 4.74. The lowest BCUT2D eigenvalue weighted by atomic mass is 10.1. The van der Waals surface area contributed by atoms with E-state index in [1.807, 2.05) is 30.9 Å². The number of aromatic nitrogens is 6. The Bertz CT molecular complexity index is 1340. The summed E-state index contributed by atoms with van der Waals surface area (Å²) < 4.78 is 0. The Balaban J connectivity index is 1.28. The SMILES string of the molecule is c1cc2cc(-c3n[nH]c4ncc(-c5cncc(CNCC6CCCC6)c5)cc34)[nH]c2cn1. The van der Waals surface area contributed by atoms with Crippen molar-refractivity contribution in [1.29, 1.82) is 0 Å². The molecule has 7 nitrogen and oxygen atoms in total. The van der Waals surface area contributed by atoms with Gasteiger partial charge in [-0.1, -0.05) is 12.8 Å². The molecule has 0 saturated heterocycles. The van der Waals surface area contributed by atoms with E-state index in [0.717, 1.165) is 63.5 Å². The topological polar surface area (TPSA) is 95.2 Å². The summed E-state index contributed by atoms with van der Waals surface area (Å²) in [6, 6.07) is 8.42. The van der Waals surface area contributed by atoms with Gasteiger partial charge in [0.25, 0.3) is 0 Å². The monoisotopic (exact) mass is 423 g/mol. The van der Waals surface area contributed by atoms with Crippen molar-refractivity contribution in [2.75, 3.05) is 6.54 Å². The van der Waals surface area contributed by atoms with Gasteiger partial charge in [-0.15, -0.1) is 0 Å². The van der Waals surface area contributed by atoms with Gasteiger partial charge >= 0.3 is 0 Å². The zero-order valence-electron chi connectivity index (χ0n) is 17.8. The summed E-state index contributed by atoms with van der Waals surface area (Å²) in [7, 11) is 0. The molecule has 0 amide bonds. The highest BCUT2D eigenvalue weighted by molar-refractivity contribution is 5.95. The minimum atomic E-state index is 0.767. The fraction of sp³-hybridized carbons (Fsp3) is 0.280. The molecule has 5 heterocycles. The molecule has 0 bridgehead atoms. The maximum Gasteiger partial charge on any atom is 0.155 e. The predicted molar refractivity (Wildman–Crippen MR) is 126 cm³/mol. The van der Waals surface area contributed by atoms with Crippen LogP contribution in [-0.4, -0.2) is 36.7 Å². The van der Waals surface area contributed by atoms with Gasteiger partial charge in [-0.3, -0.25) is 15.1 Å². The van der Waals surface area contributed by atoms with Crippen LogP contribution in [0.1, 0.15) is 31.2 Å². The second-order valence-electron chi connectivity index (χ2n) is 8.70. The van der Waals surface area contributed by atoms with E-state index in [-0.39, 0.29) is 0 Å². The van der Waals surface area contributed by atoms with Crippen LogP contribution >= 0.6 is 0 Å². The van der Waals surface area contributed by atoms with Crippen LogP contribution in [-0.2, 0) is 6.54 Å². The van der Waals surface area contributed by atoms with Gasteiger partial charge in [0.2, 0.25) is 0 Å². The Kier molecular flexibility index (Phi) is 4.88. The van der Waals surface area contributed by atoms with Crippen LogP contribution in [0, 0.1) is 5.92 Å². The average molecular weight is 424 g/mol. The molecule has 0 aliphatic heterocycles. The normalized spacial score (nSPS) is 14.6. The first-order valence-corrected chi connectivity index (χ1v) is 11.3. The van der Waals surface area contributed by atoms with E-state index in [4.69, 9.17) is 0 Å². The highest BCUT2D eigenvalue weighted by atomic mass is 15.2. The van der Waals surface area contributed by atoms with Crippen molar-refractivity contribution in [2.45, 2.75) is 32.2 Å². The van der Waals surface area contributed by atoms with Gasteiger partial charge in [0.1, 0.15) is 5.69 Å². The third-order valence-corrected chi connectivity index (χ3v) is 6.46. The van der Waals surface area contributed by atoms with Crippen molar-refractivity contribution in [1.82, 2.24) is 35.5 Å². The first-order valence-electron chi connectivity index (χ1n) is 11.3. The molecule has 3 N–H and O–H groups in total. The number of nitrogens with zero attached hydrogens (tertiary/aromatic N) is 4. The molecule has 0 spiro atoms. The average Bonchev–Trinajstić information content (AvgIpc) is 3.58. The summed E-state index contributed by atoms with van der Waals surface area (Å²) in [5.74, 6) is 0.831. The summed E-state index contributed by atoms with van der Waals surface area (Å²) >= 11 is 0. The molecule has 0 radical (unpaired) electrons. The van der Waals surface area contributed by atoms with Gasteiger partial charge in [0, 0.05) is 53.2 Å². The van der Waals surface area contributed by atoms with Crippen molar-refractivity contribution >= 4 is 21.9 Å². The summed E-state index contributed by atoms with van der Waals surface area (Å²) in [4.78, 5) is 16.7. The Morgan fingerprint density at radius 1 is 0.969 bits per heavy atom. The number of hydrogen-bond acceptors (Lipinski definition) is 5. The fourth-order valence-electron chi connectivity index (χ4n) is 4.74. The molecule has 5 aromatic rings. The van der Waals surface area contributed by atoms with E-state index in [1.54, 1.807) is 6.20 Å². The Hall–Kier alpha value is -3.58. The highest BCUT2D eigenvalue weighted by Gasteiger charge is 2.15. The third kappa shape index (κ3) is 3.65. The largest absolute Gasteiger partial charge is 0.352 e. The van der Waals surface area contributed by atoms with Crippen molar-refractivity contribution in [2.24, 2.45) is 5.92 Å². The van der Waals surface area contributed by atoms with Crippen LogP contribution in [0.5, 0.6) is 0 Å². The second-order valence-corrected chi connectivity index (χ2v) is 8.70. The van der Waals surface area contributed by atoms with Gasteiger partial charge in [-0.2, -0.15) is 5.10 Å². The maximum absolute atomic E-state index is 4.61. The lowest BCUT2D eigenvalue weighted by Gasteiger charge is -2.11. The van der Waals surface area contributed by atoms with Gasteiger partial charge in [0.05, 0.1) is 17.4 Å². The van der Waals surface area contributed by atoms with Crippen LogP contribution in [0.15, 0.2) is 55.2 Å². The molecule has 5 aromatic heterocycles. The van der Waals surface area contributed by atoms with Crippen LogP contribution < -0.4 is 5.32 Å². The van der Waals surface area contributed by atoms with Gasteiger partial charge in [-0.25, -0.2) is 4.98 Å². The molecule has 6 rings (SSSR count). The first-order chi connectivity index (χ1) is 15.8. The predicted octanol–water partition coefficient (Wildman–Crippen LogP) is 4.84. The standard InChI is InChI=1S/C25H25N7/c1-2-4-16(3-1)10-27-11-17-7-19(13-28-12-17)20-8-21-24(31-32-25(21)29-14-20)22-9-18-5-6-26-15-23(18)30-22/h5-9,12-16,27,30H,1-4,10-11H2,(H,29,31,32). The van der Waals surface area contributed by atoms with Crippen LogP contribution in [0.2, 0.25) is 0 Å². The molecule has 1 aliphatic rings. The number of rotatable bonds is 6. The maximum atomic E-state index is 4.61. The van der Waals surface area contributed by atoms with Crippen LogP contribution in [0.4, 0.5) is 0 Å². The first kappa shape index (κ1) is 19.1. The summed E-state index contributed by atoms with van der Waals surface area (Å²) in [6.07, 6.45) is 14.8. The quantitative estimate of drug-likeness (QED) is 0.363. The third-order valence-electron chi connectivity index (χ3n) is 6.46.